The number of carbonyl (C=O) groups excluding carboxylic acids is 1. The maximum atomic E-state index is 13.6. The first kappa shape index (κ1) is 15.9. The highest BCUT2D eigenvalue weighted by Crippen LogP contribution is 2.25. The summed E-state index contributed by atoms with van der Waals surface area (Å²) >= 11 is 0. The summed E-state index contributed by atoms with van der Waals surface area (Å²) in [6.45, 7) is 1.57. The van der Waals surface area contributed by atoms with Crippen molar-refractivity contribution in [2.24, 2.45) is 0 Å². The predicted octanol–water partition coefficient (Wildman–Crippen LogP) is 1.96. The Morgan fingerprint density at radius 1 is 1.35 bits per heavy atom. The molecule has 5 nitrogen and oxygen atoms in total. The average Bonchev–Trinajstić information content (AvgIpc) is 2.38. The molecule has 0 spiro atoms. The Kier molecular flexibility index (Phi) is 5.42. The van der Waals surface area contributed by atoms with Crippen LogP contribution in [0.2, 0.25) is 0 Å². The van der Waals surface area contributed by atoms with Crippen molar-refractivity contribution in [2.45, 2.75) is 25.8 Å². The minimum atomic E-state index is -0.999. The van der Waals surface area contributed by atoms with Gasteiger partial charge < -0.3 is 15.2 Å². The van der Waals surface area contributed by atoms with E-state index in [-0.39, 0.29) is 12.8 Å². The first-order valence-corrected chi connectivity index (χ1v) is 5.91. The summed E-state index contributed by atoms with van der Waals surface area (Å²) in [4.78, 5) is 22.3. The van der Waals surface area contributed by atoms with E-state index in [4.69, 9.17) is 5.11 Å². The Morgan fingerprint density at radius 2 is 1.95 bits per heavy atom. The first-order chi connectivity index (χ1) is 9.36. The molecule has 1 unspecified atom stereocenters. The molecule has 7 heteroatoms. The second-order valence-corrected chi connectivity index (χ2v) is 4.24. The number of carboxylic acids is 1. The molecule has 1 aromatic carbocycles. The highest BCUT2D eigenvalue weighted by atomic mass is 19.1. The molecule has 0 aliphatic carbocycles. The second kappa shape index (κ2) is 6.83. The van der Waals surface area contributed by atoms with E-state index in [9.17, 15) is 18.4 Å². The second-order valence-electron chi connectivity index (χ2n) is 4.24. The SMILES string of the molecule is COc1c(F)ccc(F)c1C(=O)NC(C)CCC(=O)O. The molecular formula is C13H15F2NO4. The van der Waals surface area contributed by atoms with E-state index in [0.29, 0.717) is 0 Å². The maximum absolute atomic E-state index is 13.6. The highest BCUT2D eigenvalue weighted by molar-refractivity contribution is 5.97. The monoisotopic (exact) mass is 287 g/mol. The van der Waals surface area contributed by atoms with E-state index in [1.54, 1.807) is 6.92 Å². The van der Waals surface area contributed by atoms with Crippen molar-refractivity contribution < 1.29 is 28.2 Å². The number of ether oxygens (including phenoxy) is 1. The van der Waals surface area contributed by atoms with Crippen molar-refractivity contribution in [3.8, 4) is 5.75 Å². The molecule has 0 radical (unpaired) electrons. The first-order valence-electron chi connectivity index (χ1n) is 5.91. The fourth-order valence-corrected chi connectivity index (χ4v) is 1.65. The van der Waals surface area contributed by atoms with Crippen molar-refractivity contribution >= 4 is 11.9 Å². The van der Waals surface area contributed by atoms with Crippen LogP contribution in [0.4, 0.5) is 8.78 Å². The van der Waals surface area contributed by atoms with Crippen LogP contribution in [0.5, 0.6) is 5.75 Å². The average molecular weight is 287 g/mol. The predicted molar refractivity (Wildman–Crippen MR) is 66.7 cm³/mol. The summed E-state index contributed by atoms with van der Waals surface area (Å²) in [6.07, 6.45) is 0.0462. The molecule has 20 heavy (non-hydrogen) atoms. The summed E-state index contributed by atoms with van der Waals surface area (Å²) in [6, 6.07) is 1.19. The third-order valence-corrected chi connectivity index (χ3v) is 2.66. The van der Waals surface area contributed by atoms with E-state index >= 15 is 0 Å². The summed E-state index contributed by atoms with van der Waals surface area (Å²) in [7, 11) is 1.13. The molecule has 0 aromatic heterocycles. The molecule has 2 N–H and O–H groups in total. The molecule has 1 rings (SSSR count). The number of methoxy groups -OCH3 is 1. The number of carboxylic acid groups (broad SMARTS) is 1. The highest BCUT2D eigenvalue weighted by Gasteiger charge is 2.22. The van der Waals surface area contributed by atoms with Crippen LogP contribution in [-0.2, 0) is 4.79 Å². The minimum absolute atomic E-state index is 0.135. The molecule has 0 saturated carbocycles. The van der Waals surface area contributed by atoms with E-state index < -0.39 is 40.9 Å². The number of aliphatic carboxylic acids is 1. The Balaban J connectivity index is 2.87. The number of carbonyl (C=O) groups is 2. The van der Waals surface area contributed by atoms with Gasteiger partial charge in [-0.3, -0.25) is 9.59 Å². The summed E-state index contributed by atoms with van der Waals surface area (Å²) in [5, 5.41) is 10.9. The number of rotatable bonds is 6. The zero-order valence-electron chi connectivity index (χ0n) is 11.1. The van der Waals surface area contributed by atoms with Gasteiger partial charge in [-0.2, -0.15) is 0 Å². The van der Waals surface area contributed by atoms with Gasteiger partial charge in [-0.05, 0) is 25.5 Å². The lowest BCUT2D eigenvalue weighted by Crippen LogP contribution is -2.33. The van der Waals surface area contributed by atoms with Crippen LogP contribution >= 0.6 is 0 Å². The lowest BCUT2D eigenvalue weighted by atomic mass is 10.1. The zero-order chi connectivity index (χ0) is 15.3. The Labute approximate surface area is 114 Å². The Bertz CT molecular complexity index is 519. The van der Waals surface area contributed by atoms with Gasteiger partial charge >= 0.3 is 5.97 Å². The van der Waals surface area contributed by atoms with Crippen LogP contribution < -0.4 is 10.1 Å². The molecule has 0 aliphatic heterocycles. The van der Waals surface area contributed by atoms with Crippen LogP contribution in [0.25, 0.3) is 0 Å². The van der Waals surface area contributed by atoms with Gasteiger partial charge in [-0.25, -0.2) is 8.78 Å². The summed E-state index contributed by atoms with van der Waals surface area (Å²) < 4.78 is 31.8. The number of halogens is 2. The molecule has 0 bridgehead atoms. The van der Waals surface area contributed by atoms with Gasteiger partial charge in [0, 0.05) is 12.5 Å². The normalized spacial score (nSPS) is 11.8. The van der Waals surface area contributed by atoms with Crippen molar-refractivity contribution in [1.29, 1.82) is 0 Å². The molecule has 0 heterocycles. The van der Waals surface area contributed by atoms with Crippen LogP contribution in [0.3, 0.4) is 0 Å². The lowest BCUT2D eigenvalue weighted by Gasteiger charge is -2.15. The van der Waals surface area contributed by atoms with E-state index in [1.807, 2.05) is 0 Å². The number of nitrogens with one attached hydrogen (secondary N) is 1. The fourth-order valence-electron chi connectivity index (χ4n) is 1.65. The van der Waals surface area contributed by atoms with Crippen molar-refractivity contribution in [3.63, 3.8) is 0 Å². The smallest absolute Gasteiger partial charge is 0.303 e. The summed E-state index contributed by atoms with van der Waals surface area (Å²) in [5.41, 5.74) is -0.533. The van der Waals surface area contributed by atoms with Gasteiger partial charge in [-0.15, -0.1) is 0 Å². The van der Waals surface area contributed by atoms with Gasteiger partial charge in [0.2, 0.25) is 0 Å². The third kappa shape index (κ3) is 3.91. The number of benzene rings is 1. The topological polar surface area (TPSA) is 75.6 Å². The van der Waals surface area contributed by atoms with Crippen LogP contribution in [-0.4, -0.2) is 30.1 Å². The number of amides is 1. The molecule has 0 saturated heterocycles. The van der Waals surface area contributed by atoms with E-state index in [2.05, 4.69) is 10.1 Å². The Morgan fingerprint density at radius 3 is 2.50 bits per heavy atom. The quantitative estimate of drug-likeness (QED) is 0.838. The molecule has 1 amide bonds. The van der Waals surface area contributed by atoms with Crippen LogP contribution in [0.1, 0.15) is 30.1 Å². The maximum Gasteiger partial charge on any atom is 0.303 e. The largest absolute Gasteiger partial charge is 0.493 e. The molecule has 1 aromatic rings. The van der Waals surface area contributed by atoms with Gasteiger partial charge in [0.25, 0.3) is 5.91 Å². The van der Waals surface area contributed by atoms with Gasteiger partial charge in [0.15, 0.2) is 11.6 Å². The zero-order valence-corrected chi connectivity index (χ0v) is 11.1. The summed E-state index contributed by atoms with van der Waals surface area (Å²) in [5.74, 6) is -4.09. The number of hydrogen-bond acceptors (Lipinski definition) is 3. The molecule has 110 valence electrons. The molecule has 0 aliphatic rings. The molecule has 0 fully saturated rings. The van der Waals surface area contributed by atoms with Crippen molar-refractivity contribution in [3.05, 3.63) is 29.3 Å². The van der Waals surface area contributed by atoms with E-state index in [1.165, 1.54) is 0 Å². The van der Waals surface area contributed by atoms with Crippen LogP contribution in [0.15, 0.2) is 12.1 Å². The van der Waals surface area contributed by atoms with Crippen LogP contribution in [0, 0.1) is 11.6 Å². The fraction of sp³-hybridized carbons (Fsp3) is 0.385. The third-order valence-electron chi connectivity index (χ3n) is 2.66. The minimum Gasteiger partial charge on any atom is -0.493 e. The standard InChI is InChI=1S/C13H15F2NO4/c1-7(3-6-10(17)18)16-13(19)11-8(14)4-5-9(15)12(11)20-2/h4-5,7H,3,6H2,1-2H3,(H,16,19)(H,17,18). The van der Waals surface area contributed by atoms with Crippen molar-refractivity contribution in [1.82, 2.24) is 5.32 Å². The van der Waals surface area contributed by atoms with Gasteiger partial charge in [-0.1, -0.05) is 0 Å². The molecule has 1 atom stereocenters. The van der Waals surface area contributed by atoms with Crippen molar-refractivity contribution in [2.75, 3.05) is 7.11 Å². The molecular weight excluding hydrogens is 272 g/mol. The van der Waals surface area contributed by atoms with Gasteiger partial charge in [0.1, 0.15) is 11.4 Å². The number of hydrogen-bond donors (Lipinski definition) is 2. The lowest BCUT2D eigenvalue weighted by molar-refractivity contribution is -0.137. The van der Waals surface area contributed by atoms with Gasteiger partial charge in [0.05, 0.1) is 7.11 Å². The Hall–Kier alpha value is -2.18. The van der Waals surface area contributed by atoms with E-state index in [0.717, 1.165) is 19.2 Å².